The van der Waals surface area contributed by atoms with E-state index < -0.39 is 36.7 Å². The number of fused-ring (bicyclic) bond motifs is 1. The molecule has 7 N–H and O–H groups in total. The highest BCUT2D eigenvalue weighted by Crippen LogP contribution is 2.35. The third kappa shape index (κ3) is 8.14. The van der Waals surface area contributed by atoms with Gasteiger partial charge in [0.25, 0.3) is 0 Å². The molecule has 5 atom stereocenters. The number of hydrogen-bond donors (Lipinski definition) is 7. The number of aliphatic hydroxyl groups excluding tert-OH is 6. The number of carboxylic acids is 1. The van der Waals surface area contributed by atoms with Gasteiger partial charge in [0.05, 0.1) is 26.4 Å². The van der Waals surface area contributed by atoms with Crippen molar-refractivity contribution in [2.75, 3.05) is 98.4 Å². The second-order valence-corrected chi connectivity index (χ2v) is 12.2. The summed E-state index contributed by atoms with van der Waals surface area (Å²) in [5.74, 6) is 0.343. The minimum Gasteiger partial charge on any atom is -0.479 e. The van der Waals surface area contributed by atoms with E-state index in [9.17, 15) is 40.5 Å². The van der Waals surface area contributed by atoms with Crippen molar-refractivity contribution in [3.05, 3.63) is 0 Å². The zero-order valence-corrected chi connectivity index (χ0v) is 27.0. The lowest BCUT2D eigenvalue weighted by Crippen LogP contribution is -2.60. The molecule has 0 bridgehead atoms. The molecule has 0 saturated carbocycles. The Morgan fingerprint density at radius 2 is 1.15 bits per heavy atom. The predicted molar refractivity (Wildman–Crippen MR) is 173 cm³/mol. The van der Waals surface area contributed by atoms with E-state index in [-0.39, 0.29) is 58.6 Å². The van der Waals surface area contributed by atoms with Crippen LogP contribution >= 0.6 is 0 Å². The molecule has 3 saturated heterocycles. The van der Waals surface area contributed by atoms with Crippen LogP contribution in [0, 0.1) is 0 Å². The molecular formula is C30H48N8O10. The van der Waals surface area contributed by atoms with Gasteiger partial charge in [-0.3, -0.25) is 0 Å². The van der Waals surface area contributed by atoms with E-state index >= 15 is 0 Å². The topological polar surface area (TPSA) is 242 Å². The van der Waals surface area contributed by atoms with Crippen LogP contribution in [0.1, 0.15) is 38.5 Å². The lowest BCUT2D eigenvalue weighted by molar-refractivity contribution is -0.293. The van der Waals surface area contributed by atoms with E-state index in [0.717, 1.165) is 64.7 Å². The number of piperidine rings is 2. The Morgan fingerprint density at radius 3 is 1.58 bits per heavy atom. The largest absolute Gasteiger partial charge is 0.479 e. The van der Waals surface area contributed by atoms with Gasteiger partial charge in [0.2, 0.25) is 11.9 Å². The molecule has 2 aromatic heterocycles. The molecule has 48 heavy (non-hydrogen) atoms. The maximum Gasteiger partial charge on any atom is 0.335 e. The lowest BCUT2D eigenvalue weighted by Gasteiger charge is -2.38. The van der Waals surface area contributed by atoms with Crippen molar-refractivity contribution in [2.24, 2.45) is 0 Å². The fourth-order valence-electron chi connectivity index (χ4n) is 6.35. The van der Waals surface area contributed by atoms with Crippen molar-refractivity contribution < 1.29 is 50.0 Å². The number of rotatable bonds is 15. The van der Waals surface area contributed by atoms with Gasteiger partial charge in [0.15, 0.2) is 24.0 Å². The molecule has 0 radical (unpaired) electrons. The second kappa shape index (κ2) is 16.9. The third-order valence-electron chi connectivity index (χ3n) is 8.93. The lowest BCUT2D eigenvalue weighted by atomic mass is 9.99. The number of hydrogen-bond acceptors (Lipinski definition) is 17. The molecule has 3 aliphatic heterocycles. The van der Waals surface area contributed by atoms with Crippen molar-refractivity contribution in [3.8, 4) is 0 Å². The van der Waals surface area contributed by atoms with Gasteiger partial charge in [-0.15, -0.1) is 0 Å². The normalized spacial score (nSPS) is 25.0. The summed E-state index contributed by atoms with van der Waals surface area (Å²) in [4.78, 5) is 39.1. The Bertz CT molecular complexity index is 1340. The number of carbonyl (C=O) groups is 1. The number of carboxylic acid groups (broad SMARTS) is 1. The van der Waals surface area contributed by atoms with Crippen LogP contribution in [0.25, 0.3) is 11.0 Å². The van der Waals surface area contributed by atoms with Gasteiger partial charge in [0, 0.05) is 52.4 Å². The number of aliphatic hydroxyl groups is 6. The number of anilines is 4. The van der Waals surface area contributed by atoms with E-state index in [2.05, 4.69) is 9.80 Å². The van der Waals surface area contributed by atoms with Gasteiger partial charge in [0.1, 0.15) is 29.3 Å². The highest BCUT2D eigenvalue weighted by atomic mass is 16.7. The van der Waals surface area contributed by atoms with Crippen molar-refractivity contribution in [3.63, 3.8) is 0 Å². The maximum atomic E-state index is 11.5. The van der Waals surface area contributed by atoms with Crippen LogP contribution in [-0.2, 0) is 14.3 Å². The summed E-state index contributed by atoms with van der Waals surface area (Å²) >= 11 is 0. The molecule has 5 rings (SSSR count). The molecule has 3 fully saturated rings. The predicted octanol–water partition coefficient (Wildman–Crippen LogP) is -2.10. The summed E-state index contributed by atoms with van der Waals surface area (Å²) in [7, 11) is 0. The molecule has 0 amide bonds. The molecule has 0 spiro atoms. The fraction of sp³-hybridized carbons (Fsp3) is 0.767. The molecule has 0 aromatic carbocycles. The van der Waals surface area contributed by atoms with E-state index in [1.54, 1.807) is 9.80 Å². The van der Waals surface area contributed by atoms with Crippen LogP contribution < -0.4 is 19.6 Å². The SMILES string of the molecule is O=C(O)C1OC(OCCN(CCO)c2nc(N3CCCCC3)c3nc(N(CCO)CCO)nc(N4CCCCC4)c3n2)C(O)C(O)C1O. The highest BCUT2D eigenvalue weighted by molar-refractivity contribution is 5.95. The molecule has 18 nitrogen and oxygen atoms in total. The van der Waals surface area contributed by atoms with Gasteiger partial charge < -0.3 is 64.8 Å². The quantitative estimate of drug-likeness (QED) is 0.107. The van der Waals surface area contributed by atoms with Gasteiger partial charge in [-0.2, -0.15) is 9.97 Å². The van der Waals surface area contributed by atoms with Crippen LogP contribution in [-0.4, -0.2) is 171 Å². The zero-order chi connectivity index (χ0) is 34.2. The second-order valence-electron chi connectivity index (χ2n) is 12.2. The molecule has 268 valence electrons. The summed E-state index contributed by atoms with van der Waals surface area (Å²) < 4.78 is 10.9. The summed E-state index contributed by atoms with van der Waals surface area (Å²) in [5, 5.41) is 69.5. The smallest absolute Gasteiger partial charge is 0.335 e. The summed E-state index contributed by atoms with van der Waals surface area (Å²) in [5.41, 5.74) is 1.06. The van der Waals surface area contributed by atoms with Crippen molar-refractivity contribution in [1.82, 2.24) is 19.9 Å². The number of aliphatic carboxylic acids is 1. The molecule has 3 aliphatic rings. The standard InChI is InChI=1S/C30H48N8O10/c39-15-11-37(12-16-40)29-31-19-20(25(33-29)35-7-3-1-4-8-35)32-30(34-26(19)36-9-5-2-6-10-36)38(13-17-41)14-18-47-28-23(44)21(42)22(43)24(48-28)27(45)46/h21-24,28,39-44H,1-18H2,(H,45,46). The van der Waals surface area contributed by atoms with E-state index in [0.29, 0.717) is 28.6 Å². The molecule has 18 heteroatoms. The Hall–Kier alpha value is -3.23. The van der Waals surface area contributed by atoms with Crippen LogP contribution in [0.3, 0.4) is 0 Å². The van der Waals surface area contributed by atoms with Crippen LogP contribution in [0.5, 0.6) is 0 Å². The molecule has 2 aromatic rings. The first kappa shape index (κ1) is 36.1. The zero-order valence-electron chi connectivity index (χ0n) is 27.0. The maximum absolute atomic E-state index is 11.5. The van der Waals surface area contributed by atoms with Gasteiger partial charge in [-0.25, -0.2) is 14.8 Å². The fourth-order valence-corrected chi connectivity index (χ4v) is 6.35. The summed E-state index contributed by atoms with van der Waals surface area (Å²) in [6, 6.07) is 0. The van der Waals surface area contributed by atoms with Crippen LogP contribution in [0.2, 0.25) is 0 Å². The molecule has 0 aliphatic carbocycles. The summed E-state index contributed by atoms with van der Waals surface area (Å²) in [6.45, 7) is 3.02. The Kier molecular flexibility index (Phi) is 12.7. The van der Waals surface area contributed by atoms with Crippen molar-refractivity contribution in [1.29, 1.82) is 0 Å². The minimum atomic E-state index is -1.83. The summed E-state index contributed by atoms with van der Waals surface area (Å²) in [6.07, 6.45) is -2.57. The van der Waals surface area contributed by atoms with E-state index in [1.807, 2.05) is 0 Å². The Balaban J connectivity index is 1.52. The van der Waals surface area contributed by atoms with Gasteiger partial charge in [-0.1, -0.05) is 0 Å². The van der Waals surface area contributed by atoms with Crippen LogP contribution in [0.15, 0.2) is 0 Å². The number of aromatic nitrogens is 4. The van der Waals surface area contributed by atoms with E-state index in [1.165, 1.54) is 0 Å². The Labute approximate surface area is 278 Å². The van der Waals surface area contributed by atoms with Crippen molar-refractivity contribution in [2.45, 2.75) is 69.2 Å². The third-order valence-corrected chi connectivity index (χ3v) is 8.93. The van der Waals surface area contributed by atoms with Crippen LogP contribution in [0.4, 0.5) is 23.5 Å². The monoisotopic (exact) mass is 680 g/mol. The van der Waals surface area contributed by atoms with Gasteiger partial charge in [-0.05, 0) is 38.5 Å². The van der Waals surface area contributed by atoms with Crippen molar-refractivity contribution >= 4 is 40.5 Å². The first-order chi connectivity index (χ1) is 23.3. The number of ether oxygens (including phenoxy) is 2. The Morgan fingerprint density at radius 1 is 0.688 bits per heavy atom. The minimum absolute atomic E-state index is 0.0905. The first-order valence-electron chi connectivity index (χ1n) is 16.7. The average Bonchev–Trinajstić information content (AvgIpc) is 3.10. The highest BCUT2D eigenvalue weighted by Gasteiger charge is 2.47. The molecule has 5 heterocycles. The van der Waals surface area contributed by atoms with Gasteiger partial charge >= 0.3 is 5.97 Å². The average molecular weight is 681 g/mol. The molecular weight excluding hydrogens is 632 g/mol. The number of nitrogens with zero attached hydrogens (tertiary/aromatic N) is 8. The van der Waals surface area contributed by atoms with E-state index in [4.69, 9.17) is 29.4 Å². The first-order valence-corrected chi connectivity index (χ1v) is 16.7. The molecule has 5 unspecified atom stereocenters.